The van der Waals surface area contributed by atoms with Crippen LogP contribution in [0.15, 0.2) is 30.6 Å². The van der Waals surface area contributed by atoms with Gasteiger partial charge < -0.3 is 5.32 Å². The van der Waals surface area contributed by atoms with E-state index in [1.54, 1.807) is 30.6 Å². The van der Waals surface area contributed by atoms with Crippen LogP contribution in [0.1, 0.15) is 11.1 Å². The van der Waals surface area contributed by atoms with Crippen molar-refractivity contribution >= 4 is 29.2 Å². The topological polar surface area (TPSA) is 81.4 Å². The minimum atomic E-state index is 0.390. The highest BCUT2D eigenvalue weighted by molar-refractivity contribution is 6.43. The molecule has 22 heavy (non-hydrogen) atoms. The summed E-state index contributed by atoms with van der Waals surface area (Å²) in [6.07, 6.45) is 3.40. The molecule has 0 spiro atoms. The van der Waals surface area contributed by atoms with Gasteiger partial charge in [-0.1, -0.05) is 34.4 Å². The van der Waals surface area contributed by atoms with E-state index in [9.17, 15) is 0 Å². The van der Waals surface area contributed by atoms with Crippen LogP contribution in [0.5, 0.6) is 0 Å². The van der Waals surface area contributed by atoms with Crippen LogP contribution < -0.4 is 5.32 Å². The molecule has 0 saturated heterocycles. The highest BCUT2D eigenvalue weighted by Crippen LogP contribution is 2.29. The lowest BCUT2D eigenvalue weighted by Gasteiger charge is -2.09. The van der Waals surface area contributed by atoms with Crippen LogP contribution in [0.4, 0.5) is 5.95 Å². The zero-order chi connectivity index (χ0) is 15.5. The number of benzene rings is 1. The Morgan fingerprint density at radius 3 is 2.82 bits per heavy atom. The molecule has 0 atom stereocenters. The summed E-state index contributed by atoms with van der Waals surface area (Å²) in [6, 6.07) is 5.28. The summed E-state index contributed by atoms with van der Waals surface area (Å²) >= 11 is 12.2. The number of aromatic nitrogens is 6. The van der Waals surface area contributed by atoms with Gasteiger partial charge in [0.15, 0.2) is 0 Å². The van der Waals surface area contributed by atoms with E-state index in [0.717, 1.165) is 11.1 Å². The first-order chi connectivity index (χ1) is 10.7. The minimum absolute atomic E-state index is 0.390. The predicted octanol–water partition coefficient (Wildman–Crippen LogP) is 2.68. The first-order valence-corrected chi connectivity index (χ1v) is 7.15. The molecule has 0 amide bonds. The van der Waals surface area contributed by atoms with Crippen molar-refractivity contribution in [2.45, 2.75) is 13.5 Å². The second-order valence-electron chi connectivity index (χ2n) is 4.54. The lowest BCUT2D eigenvalue weighted by atomic mass is 10.2. The van der Waals surface area contributed by atoms with Crippen LogP contribution in [-0.4, -0.2) is 30.4 Å². The molecule has 2 aromatic heterocycles. The zero-order valence-corrected chi connectivity index (χ0v) is 13.0. The number of hydrogen-bond acceptors (Lipinski definition) is 6. The Balaban J connectivity index is 1.87. The maximum Gasteiger partial charge on any atom is 0.248 e. The van der Waals surface area contributed by atoms with Gasteiger partial charge in [0.1, 0.15) is 0 Å². The van der Waals surface area contributed by atoms with E-state index in [4.69, 9.17) is 23.2 Å². The first kappa shape index (κ1) is 14.7. The fraction of sp³-hybridized carbons (Fsp3) is 0.154. The van der Waals surface area contributed by atoms with Crippen molar-refractivity contribution in [3.63, 3.8) is 0 Å². The van der Waals surface area contributed by atoms with Crippen LogP contribution in [0, 0.1) is 6.92 Å². The standard InChI is InChI=1S/C13H11Cl2N7/c1-8-5-17-18-7-9(8)6-16-13-19-20-21-22(13)11-4-2-3-10(14)12(11)15/h2-5,7H,6H2,1H3,(H,16,19,21). The van der Waals surface area contributed by atoms with Gasteiger partial charge >= 0.3 is 0 Å². The number of anilines is 1. The molecular weight excluding hydrogens is 325 g/mol. The number of nitrogens with zero attached hydrogens (tertiary/aromatic N) is 6. The van der Waals surface area contributed by atoms with Gasteiger partial charge in [0.25, 0.3) is 0 Å². The van der Waals surface area contributed by atoms with Crippen LogP contribution in [0.2, 0.25) is 10.0 Å². The number of hydrogen-bond donors (Lipinski definition) is 1. The van der Waals surface area contributed by atoms with Gasteiger partial charge in [-0.2, -0.15) is 14.9 Å². The average Bonchev–Trinajstić information content (AvgIpc) is 2.97. The van der Waals surface area contributed by atoms with Crippen molar-refractivity contribution in [2.24, 2.45) is 0 Å². The van der Waals surface area contributed by atoms with Crippen molar-refractivity contribution in [3.8, 4) is 5.69 Å². The molecule has 1 N–H and O–H groups in total. The average molecular weight is 336 g/mol. The SMILES string of the molecule is Cc1cnncc1CNc1nnnn1-c1cccc(Cl)c1Cl. The highest BCUT2D eigenvalue weighted by Gasteiger charge is 2.13. The summed E-state index contributed by atoms with van der Waals surface area (Å²) in [6.45, 7) is 2.47. The number of aryl methyl sites for hydroxylation is 1. The molecule has 0 aliphatic heterocycles. The van der Waals surface area contributed by atoms with Crippen LogP contribution in [0.25, 0.3) is 5.69 Å². The zero-order valence-electron chi connectivity index (χ0n) is 11.5. The fourth-order valence-corrected chi connectivity index (χ4v) is 2.26. The van der Waals surface area contributed by atoms with E-state index in [0.29, 0.717) is 28.2 Å². The molecule has 3 rings (SSSR count). The van der Waals surface area contributed by atoms with Crippen LogP contribution in [-0.2, 0) is 6.54 Å². The Kier molecular flexibility index (Phi) is 4.17. The molecule has 2 heterocycles. The minimum Gasteiger partial charge on any atom is -0.349 e. The maximum absolute atomic E-state index is 6.20. The molecule has 0 bridgehead atoms. The number of nitrogens with one attached hydrogen (secondary N) is 1. The Morgan fingerprint density at radius 1 is 1.18 bits per heavy atom. The first-order valence-electron chi connectivity index (χ1n) is 6.39. The van der Waals surface area contributed by atoms with E-state index in [-0.39, 0.29) is 0 Å². The van der Waals surface area contributed by atoms with E-state index < -0.39 is 0 Å². The Labute approximate surface area is 136 Å². The third kappa shape index (κ3) is 2.86. The quantitative estimate of drug-likeness (QED) is 0.789. The van der Waals surface area contributed by atoms with E-state index in [2.05, 4.69) is 31.0 Å². The lowest BCUT2D eigenvalue weighted by Crippen LogP contribution is -2.09. The number of tetrazole rings is 1. The smallest absolute Gasteiger partial charge is 0.248 e. The second-order valence-corrected chi connectivity index (χ2v) is 5.32. The summed E-state index contributed by atoms with van der Waals surface area (Å²) in [5.74, 6) is 0.459. The molecule has 0 unspecified atom stereocenters. The monoisotopic (exact) mass is 335 g/mol. The summed E-state index contributed by atoms with van der Waals surface area (Å²) in [4.78, 5) is 0. The Bertz CT molecular complexity index is 803. The molecule has 0 radical (unpaired) electrons. The maximum atomic E-state index is 6.20. The third-order valence-electron chi connectivity index (χ3n) is 3.10. The Morgan fingerprint density at radius 2 is 2.00 bits per heavy atom. The van der Waals surface area contributed by atoms with Gasteiger partial charge in [-0.05, 0) is 40.6 Å². The lowest BCUT2D eigenvalue weighted by molar-refractivity contribution is 0.789. The molecule has 1 aromatic carbocycles. The van der Waals surface area contributed by atoms with Gasteiger partial charge in [-0.25, -0.2) is 0 Å². The molecule has 7 nitrogen and oxygen atoms in total. The van der Waals surface area contributed by atoms with Crippen molar-refractivity contribution in [1.82, 2.24) is 30.4 Å². The number of halogens is 2. The summed E-state index contributed by atoms with van der Waals surface area (Å²) in [7, 11) is 0. The van der Waals surface area contributed by atoms with E-state index in [1.165, 1.54) is 4.68 Å². The van der Waals surface area contributed by atoms with Gasteiger partial charge in [-0.3, -0.25) is 0 Å². The fourth-order valence-electron chi connectivity index (χ4n) is 1.88. The molecule has 0 fully saturated rings. The molecule has 3 aromatic rings. The predicted molar refractivity (Wildman–Crippen MR) is 83.3 cm³/mol. The number of rotatable bonds is 4. The molecule has 9 heteroatoms. The molecule has 112 valence electrons. The largest absolute Gasteiger partial charge is 0.349 e. The summed E-state index contributed by atoms with van der Waals surface area (Å²) in [5.41, 5.74) is 2.63. The van der Waals surface area contributed by atoms with Gasteiger partial charge in [0.2, 0.25) is 5.95 Å². The molecule has 0 aliphatic carbocycles. The van der Waals surface area contributed by atoms with Crippen molar-refractivity contribution in [1.29, 1.82) is 0 Å². The van der Waals surface area contributed by atoms with Gasteiger partial charge in [0.05, 0.1) is 28.1 Å². The third-order valence-corrected chi connectivity index (χ3v) is 3.91. The highest BCUT2D eigenvalue weighted by atomic mass is 35.5. The van der Waals surface area contributed by atoms with Gasteiger partial charge in [0, 0.05) is 6.54 Å². The van der Waals surface area contributed by atoms with Gasteiger partial charge in [-0.15, -0.1) is 0 Å². The van der Waals surface area contributed by atoms with Crippen molar-refractivity contribution in [2.75, 3.05) is 5.32 Å². The normalized spacial score (nSPS) is 10.7. The second kappa shape index (κ2) is 6.25. The summed E-state index contributed by atoms with van der Waals surface area (Å²) in [5, 5.41) is 23.2. The van der Waals surface area contributed by atoms with Crippen LogP contribution in [0.3, 0.4) is 0 Å². The summed E-state index contributed by atoms with van der Waals surface area (Å²) < 4.78 is 1.50. The van der Waals surface area contributed by atoms with E-state index >= 15 is 0 Å². The van der Waals surface area contributed by atoms with Crippen LogP contribution >= 0.6 is 23.2 Å². The molecule has 0 aliphatic rings. The van der Waals surface area contributed by atoms with Crippen molar-refractivity contribution < 1.29 is 0 Å². The molecular formula is C13H11Cl2N7. The Hall–Kier alpha value is -2.25. The van der Waals surface area contributed by atoms with Crippen molar-refractivity contribution in [3.05, 3.63) is 51.8 Å². The van der Waals surface area contributed by atoms with E-state index in [1.807, 2.05) is 6.92 Å². The molecule has 0 saturated carbocycles.